The van der Waals surface area contributed by atoms with Crippen molar-refractivity contribution in [2.24, 2.45) is 0 Å². The second kappa shape index (κ2) is 3.87. The molecule has 0 heterocycles. The molecular weight excluding hydrogens is 158 g/mol. The van der Waals surface area contributed by atoms with E-state index in [1.165, 1.54) is 12.1 Å². The Hall–Kier alpha value is -1.36. The fraction of sp³-hybridized carbons (Fsp3) is 0.200. The fourth-order valence-electron chi connectivity index (χ4n) is 0.912. The molecule has 0 amide bonds. The zero-order chi connectivity index (χ0) is 8.97. The van der Waals surface area contributed by atoms with Crippen LogP contribution in [0.25, 0.3) is 0 Å². The molecule has 0 fully saturated rings. The van der Waals surface area contributed by atoms with Gasteiger partial charge in [0.1, 0.15) is 0 Å². The summed E-state index contributed by atoms with van der Waals surface area (Å²) in [6, 6.07) is 3.82. The average molecular weight is 166 g/mol. The van der Waals surface area contributed by atoms with Gasteiger partial charge in [-0.25, -0.2) is 8.78 Å². The number of hydrogen-bond acceptors (Lipinski definition) is 0. The van der Waals surface area contributed by atoms with Gasteiger partial charge in [0, 0.05) is 6.42 Å². The molecule has 0 aliphatic carbocycles. The molecule has 0 radical (unpaired) electrons. The highest BCUT2D eigenvalue weighted by Crippen LogP contribution is 2.09. The van der Waals surface area contributed by atoms with Crippen molar-refractivity contribution in [1.82, 2.24) is 0 Å². The summed E-state index contributed by atoms with van der Waals surface area (Å²) < 4.78 is 25.0. The normalized spacial score (nSPS) is 9.42. The molecule has 62 valence electrons. The van der Waals surface area contributed by atoms with E-state index < -0.39 is 11.6 Å². The molecule has 0 N–H and O–H groups in total. The maximum atomic E-state index is 12.6. The largest absolute Gasteiger partial charge is 0.204 e. The molecule has 0 aromatic heterocycles. The maximum absolute atomic E-state index is 12.6. The van der Waals surface area contributed by atoms with Crippen molar-refractivity contribution in [3.63, 3.8) is 0 Å². The number of terminal acetylenes is 1. The van der Waals surface area contributed by atoms with E-state index in [1.54, 1.807) is 0 Å². The lowest BCUT2D eigenvalue weighted by atomic mass is 10.1. The van der Waals surface area contributed by atoms with Gasteiger partial charge < -0.3 is 0 Å². The van der Waals surface area contributed by atoms with Crippen molar-refractivity contribution in [1.29, 1.82) is 0 Å². The molecule has 0 bridgehead atoms. The van der Waals surface area contributed by atoms with Crippen LogP contribution in [-0.2, 0) is 6.42 Å². The van der Waals surface area contributed by atoms with Gasteiger partial charge in [0.2, 0.25) is 0 Å². The number of rotatable bonds is 2. The van der Waals surface area contributed by atoms with E-state index in [0.717, 1.165) is 11.6 Å². The Bertz CT molecular complexity index is 310. The third-order valence-corrected chi connectivity index (χ3v) is 1.54. The van der Waals surface area contributed by atoms with E-state index >= 15 is 0 Å². The van der Waals surface area contributed by atoms with Crippen LogP contribution in [0.2, 0.25) is 0 Å². The Morgan fingerprint density at radius 1 is 1.25 bits per heavy atom. The molecule has 0 unspecified atom stereocenters. The predicted octanol–water partition coefficient (Wildman–Crippen LogP) is 2.53. The Balaban J connectivity index is 2.77. The monoisotopic (exact) mass is 166 g/mol. The first-order valence-electron chi connectivity index (χ1n) is 3.61. The SMILES string of the molecule is C#CCCc1ccc(F)c(F)c1. The standard InChI is InChI=1S/C10H8F2/c1-2-3-4-8-5-6-9(11)10(12)7-8/h1,5-7H,3-4H2. The summed E-state index contributed by atoms with van der Waals surface area (Å²) in [5.74, 6) is 0.799. The Morgan fingerprint density at radius 2 is 2.00 bits per heavy atom. The molecular formula is C10H8F2. The highest BCUT2D eigenvalue weighted by Gasteiger charge is 2.00. The van der Waals surface area contributed by atoms with Crippen molar-refractivity contribution in [3.8, 4) is 12.3 Å². The third kappa shape index (κ3) is 2.06. The molecule has 0 aliphatic heterocycles. The van der Waals surface area contributed by atoms with Gasteiger partial charge in [-0.3, -0.25) is 0 Å². The Labute approximate surface area is 70.2 Å². The second-order valence-electron chi connectivity index (χ2n) is 2.45. The Morgan fingerprint density at radius 3 is 2.58 bits per heavy atom. The molecule has 1 rings (SSSR count). The lowest BCUT2D eigenvalue weighted by Gasteiger charge is -1.97. The minimum Gasteiger partial charge on any atom is -0.204 e. The topological polar surface area (TPSA) is 0 Å². The van der Waals surface area contributed by atoms with Gasteiger partial charge >= 0.3 is 0 Å². The summed E-state index contributed by atoms with van der Waals surface area (Å²) in [5, 5.41) is 0. The van der Waals surface area contributed by atoms with Gasteiger partial charge in [0.05, 0.1) is 0 Å². The lowest BCUT2D eigenvalue weighted by Crippen LogP contribution is -1.88. The highest BCUT2D eigenvalue weighted by molar-refractivity contribution is 5.18. The van der Waals surface area contributed by atoms with Crippen molar-refractivity contribution in [2.75, 3.05) is 0 Å². The van der Waals surface area contributed by atoms with Crippen LogP contribution < -0.4 is 0 Å². The first kappa shape index (κ1) is 8.73. The van der Waals surface area contributed by atoms with Crippen LogP contribution in [0.3, 0.4) is 0 Å². The molecule has 1 aromatic carbocycles. The van der Waals surface area contributed by atoms with Crippen LogP contribution in [0.4, 0.5) is 8.78 Å². The van der Waals surface area contributed by atoms with Crippen molar-refractivity contribution >= 4 is 0 Å². The minimum atomic E-state index is -0.820. The van der Waals surface area contributed by atoms with Gasteiger partial charge in [-0.1, -0.05) is 6.07 Å². The van der Waals surface area contributed by atoms with E-state index in [9.17, 15) is 8.78 Å². The maximum Gasteiger partial charge on any atom is 0.159 e. The summed E-state index contributed by atoms with van der Waals surface area (Å²) in [5.41, 5.74) is 0.729. The molecule has 0 atom stereocenters. The lowest BCUT2D eigenvalue weighted by molar-refractivity contribution is 0.507. The summed E-state index contributed by atoms with van der Waals surface area (Å²) >= 11 is 0. The van der Waals surface area contributed by atoms with Crippen LogP contribution in [0.5, 0.6) is 0 Å². The molecule has 1 aromatic rings. The molecule has 0 spiro atoms. The summed E-state index contributed by atoms with van der Waals surface area (Å²) in [6.45, 7) is 0. The smallest absolute Gasteiger partial charge is 0.159 e. The first-order valence-corrected chi connectivity index (χ1v) is 3.61. The van der Waals surface area contributed by atoms with E-state index in [0.29, 0.717) is 12.8 Å². The third-order valence-electron chi connectivity index (χ3n) is 1.54. The van der Waals surface area contributed by atoms with Gasteiger partial charge in [-0.2, -0.15) is 0 Å². The number of benzene rings is 1. The molecule has 0 aliphatic rings. The van der Waals surface area contributed by atoms with Gasteiger partial charge in [0.15, 0.2) is 11.6 Å². The molecule has 0 saturated carbocycles. The molecule has 12 heavy (non-hydrogen) atoms. The van der Waals surface area contributed by atoms with Gasteiger partial charge in [-0.05, 0) is 24.1 Å². The fourth-order valence-corrected chi connectivity index (χ4v) is 0.912. The van der Waals surface area contributed by atoms with Gasteiger partial charge in [-0.15, -0.1) is 12.3 Å². The average Bonchev–Trinajstić information content (AvgIpc) is 2.07. The summed E-state index contributed by atoms with van der Waals surface area (Å²) in [4.78, 5) is 0. The number of halogens is 2. The van der Waals surface area contributed by atoms with E-state index in [-0.39, 0.29) is 0 Å². The van der Waals surface area contributed by atoms with Crippen molar-refractivity contribution < 1.29 is 8.78 Å². The molecule has 0 saturated heterocycles. The van der Waals surface area contributed by atoms with Crippen molar-refractivity contribution in [3.05, 3.63) is 35.4 Å². The highest BCUT2D eigenvalue weighted by atomic mass is 19.2. The number of hydrogen-bond donors (Lipinski definition) is 0. The van der Waals surface area contributed by atoms with E-state index in [2.05, 4.69) is 5.92 Å². The quantitative estimate of drug-likeness (QED) is 0.592. The summed E-state index contributed by atoms with van der Waals surface area (Å²) in [6.07, 6.45) is 6.16. The van der Waals surface area contributed by atoms with Crippen LogP contribution in [0.15, 0.2) is 18.2 Å². The van der Waals surface area contributed by atoms with Crippen LogP contribution in [0.1, 0.15) is 12.0 Å². The molecule has 0 nitrogen and oxygen atoms in total. The van der Waals surface area contributed by atoms with Crippen LogP contribution in [-0.4, -0.2) is 0 Å². The van der Waals surface area contributed by atoms with Crippen molar-refractivity contribution in [2.45, 2.75) is 12.8 Å². The minimum absolute atomic E-state index is 0.547. The van der Waals surface area contributed by atoms with Crippen LogP contribution >= 0.6 is 0 Å². The van der Waals surface area contributed by atoms with Gasteiger partial charge in [0.25, 0.3) is 0 Å². The predicted molar refractivity (Wildman–Crippen MR) is 43.5 cm³/mol. The number of aryl methyl sites for hydroxylation is 1. The molecule has 2 heteroatoms. The van der Waals surface area contributed by atoms with E-state index in [1.807, 2.05) is 0 Å². The zero-order valence-electron chi connectivity index (χ0n) is 6.48. The zero-order valence-corrected chi connectivity index (χ0v) is 6.48. The Kier molecular flexibility index (Phi) is 2.82. The van der Waals surface area contributed by atoms with E-state index in [4.69, 9.17) is 6.42 Å². The first-order chi connectivity index (χ1) is 5.74. The summed E-state index contributed by atoms with van der Waals surface area (Å²) in [7, 11) is 0. The second-order valence-corrected chi connectivity index (χ2v) is 2.45. The van der Waals surface area contributed by atoms with Crippen LogP contribution in [0, 0.1) is 24.0 Å².